The van der Waals surface area contributed by atoms with Gasteiger partial charge in [0.15, 0.2) is 41.6 Å². The first-order valence-electron chi connectivity index (χ1n) is 12.9. The number of anilines is 1. The minimum Gasteiger partial charge on any atom is -0.780 e. The van der Waals surface area contributed by atoms with Crippen molar-refractivity contribution in [1.82, 2.24) is 34.1 Å². The van der Waals surface area contributed by atoms with Gasteiger partial charge in [0, 0.05) is 6.20 Å². The topological polar surface area (TPSA) is 259 Å². The fourth-order valence-electron chi connectivity index (χ4n) is 5.36. The third-order valence-corrected chi connectivity index (χ3v) is 9.89. The van der Waals surface area contributed by atoms with Crippen LogP contribution in [-0.4, -0.2) is 89.1 Å². The molecule has 2 bridgehead atoms. The Labute approximate surface area is 310 Å². The Balaban J connectivity index is 0.00000217. The largest absolute Gasteiger partial charge is 1.00 e. The molecule has 3 fully saturated rings. The Morgan fingerprint density at radius 1 is 1.02 bits per heavy atom. The van der Waals surface area contributed by atoms with Gasteiger partial charge in [-0.05, 0) is 0 Å². The predicted molar refractivity (Wildman–Crippen MR) is 142 cm³/mol. The smallest absolute Gasteiger partial charge is 0.780 e. The van der Waals surface area contributed by atoms with Crippen LogP contribution in [0.4, 0.5) is 14.6 Å². The zero-order chi connectivity index (χ0) is 31.8. The standard InChI is InChI=1S/C21H22F2N8O11P2S.2Na/c22-7-1-30(17-10(7)19(33)28-5-26-17)21-15-13(32)8(39-21)2-38-44(36,45)42-14-9(3-37-43(34,35)41-15)40-20(11(14)23)31-6-29-12-16(24)25-4-27-18(12)31;;/h1,4-6,8-9,11,13-15,20-21,32H,2-3H2,(H,34,35)(H,36,45)(H2,24,25,27)(H,26,28,33);;/q;2*+1/p-2/t8-,9-,11+,13?,14?,15+,20-,21-,44?;;/m1../s1. The summed E-state index contributed by atoms with van der Waals surface area (Å²) < 4.78 is 78.0. The normalized spacial score (nSPS) is 36.1. The molecular formula is C21H20F2N8Na2O11P2S. The summed E-state index contributed by atoms with van der Waals surface area (Å²) in [6.45, 7) is -6.34. The van der Waals surface area contributed by atoms with Crippen molar-refractivity contribution in [2.24, 2.45) is 0 Å². The summed E-state index contributed by atoms with van der Waals surface area (Å²) in [6, 6.07) is 0. The van der Waals surface area contributed by atoms with E-state index in [9.17, 15) is 28.6 Å². The van der Waals surface area contributed by atoms with Crippen molar-refractivity contribution < 1.29 is 115 Å². The first-order valence-corrected chi connectivity index (χ1v) is 16.9. The van der Waals surface area contributed by atoms with Crippen LogP contribution in [0, 0.1) is 5.82 Å². The van der Waals surface area contributed by atoms with Crippen molar-refractivity contribution in [2.75, 3.05) is 18.9 Å². The number of alkyl halides is 1. The average Bonchev–Trinajstić information content (AvgIpc) is 3.71. The first-order chi connectivity index (χ1) is 21.3. The Morgan fingerprint density at radius 3 is 2.51 bits per heavy atom. The van der Waals surface area contributed by atoms with Crippen LogP contribution in [0.3, 0.4) is 0 Å². The molecule has 0 spiro atoms. The number of ether oxygens (including phenoxy) is 2. The summed E-state index contributed by atoms with van der Waals surface area (Å²) in [5.74, 6) is -1.03. The monoisotopic (exact) mass is 738 g/mol. The summed E-state index contributed by atoms with van der Waals surface area (Å²) in [4.78, 5) is 56.5. The summed E-state index contributed by atoms with van der Waals surface area (Å²) in [5, 5.41) is 10.5. The van der Waals surface area contributed by atoms with Crippen molar-refractivity contribution in [1.29, 1.82) is 0 Å². The molecule has 0 aliphatic carbocycles. The van der Waals surface area contributed by atoms with E-state index in [2.05, 4.69) is 24.9 Å². The maximum atomic E-state index is 15.9. The Bertz CT molecular complexity index is 1960. The van der Waals surface area contributed by atoms with Gasteiger partial charge in [0.2, 0.25) is 0 Å². The van der Waals surface area contributed by atoms with Gasteiger partial charge in [0.25, 0.3) is 13.4 Å². The number of nitrogen functional groups attached to an aromatic ring is 1. The van der Waals surface area contributed by atoms with E-state index >= 15 is 4.39 Å². The van der Waals surface area contributed by atoms with Crippen LogP contribution in [-0.2, 0) is 43.9 Å². The predicted octanol–water partition coefficient (Wildman–Crippen LogP) is -7.34. The average molecular weight is 738 g/mol. The van der Waals surface area contributed by atoms with Gasteiger partial charge in [-0.2, -0.15) is 0 Å². The van der Waals surface area contributed by atoms with Crippen LogP contribution in [0.15, 0.2) is 30.0 Å². The molecule has 7 heterocycles. The van der Waals surface area contributed by atoms with Gasteiger partial charge in [-0.3, -0.25) is 13.9 Å². The molecule has 4 N–H and O–H groups in total. The second-order valence-electron chi connectivity index (χ2n) is 10.1. The number of nitrogens with two attached hydrogens (primary N) is 1. The molecule has 4 aromatic heterocycles. The van der Waals surface area contributed by atoms with Gasteiger partial charge in [0.05, 0.1) is 25.9 Å². The zero-order valence-corrected chi connectivity index (χ0v) is 30.8. The number of H-pyrrole nitrogens is 1. The molecule has 3 aliphatic rings. The second-order valence-corrected chi connectivity index (χ2v) is 14.2. The molecule has 0 amide bonds. The molecule has 0 radical (unpaired) electrons. The van der Waals surface area contributed by atoms with E-state index in [0.717, 1.165) is 34.3 Å². The molecule has 26 heteroatoms. The number of fused-ring (bicyclic) bond motifs is 5. The van der Waals surface area contributed by atoms with E-state index < -0.39 is 93.7 Å². The van der Waals surface area contributed by atoms with Gasteiger partial charge in [-0.25, -0.2) is 28.7 Å². The number of hydrogen-bond acceptors (Lipinski definition) is 17. The second kappa shape index (κ2) is 14.0. The third-order valence-electron chi connectivity index (χ3n) is 7.38. The molecule has 47 heavy (non-hydrogen) atoms. The van der Waals surface area contributed by atoms with Gasteiger partial charge in [0.1, 0.15) is 54.5 Å². The number of aromatic amines is 1. The molecule has 242 valence electrons. The van der Waals surface area contributed by atoms with E-state index in [1.165, 1.54) is 0 Å². The van der Waals surface area contributed by atoms with Crippen LogP contribution in [0.25, 0.3) is 22.2 Å². The summed E-state index contributed by atoms with van der Waals surface area (Å²) >= 11 is 4.97. The zero-order valence-electron chi connectivity index (χ0n) is 24.2. The number of phosphoric ester groups is 1. The van der Waals surface area contributed by atoms with Crippen molar-refractivity contribution in [3.05, 3.63) is 41.3 Å². The van der Waals surface area contributed by atoms with Crippen molar-refractivity contribution in [2.45, 2.75) is 49.1 Å². The Hall–Kier alpha value is -0.850. The maximum Gasteiger partial charge on any atom is 1.00 e. The van der Waals surface area contributed by atoms with E-state index in [1.54, 1.807) is 0 Å². The summed E-state index contributed by atoms with van der Waals surface area (Å²) in [7, 11) is -5.42. The van der Waals surface area contributed by atoms with Crippen LogP contribution < -0.4 is 80.2 Å². The number of phosphoric acid groups is 1. The number of hydrogen-bond donors (Lipinski definition) is 3. The molecule has 3 aliphatic heterocycles. The Morgan fingerprint density at radius 2 is 1.74 bits per heavy atom. The number of imidazole rings is 1. The van der Waals surface area contributed by atoms with Gasteiger partial charge in [-0.1, -0.05) is 11.8 Å². The molecule has 4 unspecified atom stereocenters. The van der Waals surface area contributed by atoms with Crippen LogP contribution in [0.5, 0.6) is 0 Å². The van der Waals surface area contributed by atoms with E-state index in [4.69, 9.17) is 45.1 Å². The fourth-order valence-corrected chi connectivity index (χ4v) is 7.70. The molecule has 0 aromatic carbocycles. The molecule has 0 saturated carbocycles. The minimum absolute atomic E-state index is 0. The van der Waals surface area contributed by atoms with Gasteiger partial charge in [-0.15, -0.1) is 0 Å². The number of nitrogens with zero attached hydrogens (tertiary/aromatic N) is 6. The van der Waals surface area contributed by atoms with Crippen molar-refractivity contribution in [3.63, 3.8) is 0 Å². The Kier molecular flexibility index (Phi) is 11.2. The fraction of sp³-hybridized carbons (Fsp3) is 0.476. The van der Waals surface area contributed by atoms with E-state index in [-0.39, 0.29) is 81.7 Å². The number of aliphatic hydroxyl groups is 1. The van der Waals surface area contributed by atoms with Crippen LogP contribution in [0.1, 0.15) is 12.5 Å². The minimum atomic E-state index is -5.42. The molecule has 7 rings (SSSR count). The number of aliphatic hydroxyl groups excluding tert-OH is 1. The van der Waals surface area contributed by atoms with Crippen molar-refractivity contribution in [3.8, 4) is 0 Å². The first kappa shape index (κ1) is 37.4. The van der Waals surface area contributed by atoms with Crippen molar-refractivity contribution >= 4 is 54.4 Å². The van der Waals surface area contributed by atoms with Crippen LogP contribution >= 0.6 is 14.5 Å². The number of rotatable bonds is 2. The molecule has 3 saturated heterocycles. The number of nitrogens with one attached hydrogen (secondary N) is 1. The van der Waals surface area contributed by atoms with Gasteiger partial charge < -0.3 is 57.7 Å². The number of halogens is 2. The van der Waals surface area contributed by atoms with Crippen LogP contribution in [0.2, 0.25) is 0 Å². The molecule has 10 atom stereocenters. The number of aromatic nitrogens is 7. The van der Waals surface area contributed by atoms with E-state index in [1.807, 2.05) is 0 Å². The molecular weight excluding hydrogens is 718 g/mol. The maximum absolute atomic E-state index is 15.9. The molecule has 4 aromatic rings. The van der Waals surface area contributed by atoms with Gasteiger partial charge >= 0.3 is 59.1 Å². The SMILES string of the molecule is Nc1ncnc2c1ncn2[C@@H]1O[C@@H]2COP(=O)([O-])O[C@H]3C(O)[C@@H](COP([O-])(=S)OC2[C@@H]1F)O[C@H]3n1cc(F)c2c(=O)[nH]cnc21.[Na+].[Na+]. The quantitative estimate of drug-likeness (QED) is 0.127. The summed E-state index contributed by atoms with van der Waals surface area (Å²) in [6.07, 6.45) is -9.86. The third kappa shape index (κ3) is 6.93. The summed E-state index contributed by atoms with van der Waals surface area (Å²) in [5.41, 5.74) is 4.88. The van der Waals surface area contributed by atoms with E-state index in [0.29, 0.717) is 0 Å². The molecule has 19 nitrogen and oxygen atoms in total.